The maximum Gasteiger partial charge on any atom is 0.220 e. The molecular weight excluding hydrogens is 358 g/mol. The van der Waals surface area contributed by atoms with E-state index in [-0.39, 0.29) is 24.7 Å². The molecule has 0 bridgehead atoms. The first-order chi connectivity index (χ1) is 11.1. The fourth-order valence-corrected chi connectivity index (χ4v) is 3.20. The Labute approximate surface area is 145 Å². The molecule has 5 nitrogen and oxygen atoms in total. The molecule has 2 amide bonds. The van der Waals surface area contributed by atoms with Gasteiger partial charge in [-0.25, -0.2) is 0 Å². The van der Waals surface area contributed by atoms with Crippen molar-refractivity contribution in [3.63, 3.8) is 0 Å². The average molecular weight is 383 g/mol. The first kappa shape index (κ1) is 17.9. The lowest BCUT2D eigenvalue weighted by Crippen LogP contribution is -3.10. The first-order valence-corrected chi connectivity index (χ1v) is 9.04. The van der Waals surface area contributed by atoms with Crippen LogP contribution in [0.4, 0.5) is 0 Å². The Kier molecular flexibility index (Phi) is 7.55. The van der Waals surface area contributed by atoms with Crippen LogP contribution in [-0.4, -0.2) is 38.0 Å². The van der Waals surface area contributed by atoms with Crippen molar-refractivity contribution >= 4 is 27.7 Å². The van der Waals surface area contributed by atoms with Crippen molar-refractivity contribution in [3.05, 3.63) is 34.3 Å². The van der Waals surface area contributed by atoms with Crippen molar-refractivity contribution in [3.8, 4) is 0 Å². The summed E-state index contributed by atoms with van der Waals surface area (Å²) in [5.74, 6) is -0.133. The zero-order valence-electron chi connectivity index (χ0n) is 13.4. The van der Waals surface area contributed by atoms with E-state index in [4.69, 9.17) is 0 Å². The Bertz CT molecular complexity index is 530. The Balaban J connectivity index is 1.55. The fourth-order valence-electron chi connectivity index (χ4n) is 2.76. The summed E-state index contributed by atoms with van der Waals surface area (Å²) in [6.07, 6.45) is 3.07. The van der Waals surface area contributed by atoms with Gasteiger partial charge in [0.1, 0.15) is 0 Å². The van der Waals surface area contributed by atoms with Gasteiger partial charge < -0.3 is 15.5 Å². The highest BCUT2D eigenvalue weighted by atomic mass is 79.9. The van der Waals surface area contributed by atoms with E-state index in [1.54, 1.807) is 4.90 Å². The number of nitrogens with one attached hydrogen (secondary N) is 3. The second-order valence-electron chi connectivity index (χ2n) is 5.96. The third kappa shape index (κ3) is 7.14. The molecule has 1 saturated heterocycles. The fraction of sp³-hybridized carbons (Fsp3) is 0.529. The van der Waals surface area contributed by atoms with Gasteiger partial charge in [0, 0.05) is 36.7 Å². The molecule has 126 valence electrons. The molecule has 1 aliphatic rings. The van der Waals surface area contributed by atoms with Crippen molar-refractivity contribution < 1.29 is 14.5 Å². The van der Waals surface area contributed by atoms with Crippen LogP contribution in [0.25, 0.3) is 0 Å². The lowest BCUT2D eigenvalue weighted by atomic mass is 10.2. The van der Waals surface area contributed by atoms with Gasteiger partial charge in [0.05, 0.1) is 26.2 Å². The lowest BCUT2D eigenvalue weighted by molar-refractivity contribution is -0.886. The van der Waals surface area contributed by atoms with E-state index >= 15 is 0 Å². The summed E-state index contributed by atoms with van der Waals surface area (Å²) in [6.45, 7) is 4.61. The molecule has 1 aromatic carbocycles. The maximum absolute atomic E-state index is 11.8. The minimum absolute atomic E-state index is 0.0406. The van der Waals surface area contributed by atoms with Crippen LogP contribution < -0.4 is 15.5 Å². The summed E-state index contributed by atoms with van der Waals surface area (Å²) in [5.41, 5.74) is 1.03. The molecule has 0 aromatic heterocycles. The molecule has 0 radical (unpaired) electrons. The van der Waals surface area contributed by atoms with E-state index in [1.165, 1.54) is 25.9 Å². The van der Waals surface area contributed by atoms with E-state index in [9.17, 15) is 9.59 Å². The highest BCUT2D eigenvalue weighted by molar-refractivity contribution is 9.10. The number of hydrogen-bond acceptors (Lipinski definition) is 2. The molecule has 2 rings (SSSR count). The van der Waals surface area contributed by atoms with Crippen molar-refractivity contribution in [1.82, 2.24) is 10.6 Å². The molecule has 1 aromatic rings. The Morgan fingerprint density at radius 1 is 1.09 bits per heavy atom. The number of rotatable bonds is 8. The first-order valence-electron chi connectivity index (χ1n) is 8.25. The minimum atomic E-state index is -0.0923. The monoisotopic (exact) mass is 382 g/mol. The van der Waals surface area contributed by atoms with Crippen molar-refractivity contribution in [2.24, 2.45) is 0 Å². The normalized spacial score (nSPS) is 14.7. The van der Waals surface area contributed by atoms with Crippen LogP contribution in [0.2, 0.25) is 0 Å². The predicted octanol–water partition coefficient (Wildman–Crippen LogP) is 0.640. The quantitative estimate of drug-likeness (QED) is 0.617. The summed E-state index contributed by atoms with van der Waals surface area (Å²) in [4.78, 5) is 25.1. The molecule has 0 saturated carbocycles. The summed E-state index contributed by atoms with van der Waals surface area (Å²) in [7, 11) is 0. The average Bonchev–Trinajstić information content (AvgIpc) is 3.04. The Morgan fingerprint density at radius 2 is 1.78 bits per heavy atom. The third-order valence-corrected chi connectivity index (χ3v) is 4.56. The topological polar surface area (TPSA) is 62.6 Å². The Morgan fingerprint density at radius 3 is 2.48 bits per heavy atom. The van der Waals surface area contributed by atoms with E-state index in [0.29, 0.717) is 13.1 Å². The highest BCUT2D eigenvalue weighted by Gasteiger charge is 2.14. The molecule has 0 spiro atoms. The molecule has 23 heavy (non-hydrogen) atoms. The third-order valence-electron chi connectivity index (χ3n) is 4.07. The number of likely N-dealkylation sites (tertiary alicyclic amines) is 1. The molecular formula is C17H25BrN3O2+. The van der Waals surface area contributed by atoms with Gasteiger partial charge in [-0.2, -0.15) is 0 Å². The molecule has 0 unspecified atom stereocenters. The standard InChI is InChI=1S/C17H24BrN3O2/c18-15-5-3-4-14(12-15)13-20-17(23)7-6-16(22)19-8-11-21-9-1-2-10-21/h3-5,12H,1-2,6-11,13H2,(H,19,22)(H,20,23)/p+1. The van der Waals surface area contributed by atoms with Crippen molar-refractivity contribution in [2.75, 3.05) is 26.2 Å². The van der Waals surface area contributed by atoms with Crippen molar-refractivity contribution in [1.29, 1.82) is 0 Å². The second kappa shape index (κ2) is 9.67. The van der Waals surface area contributed by atoms with Gasteiger partial charge in [-0.05, 0) is 17.7 Å². The van der Waals surface area contributed by atoms with E-state index in [1.807, 2.05) is 24.3 Å². The van der Waals surface area contributed by atoms with Crippen molar-refractivity contribution in [2.45, 2.75) is 32.2 Å². The molecule has 0 atom stereocenters. The maximum atomic E-state index is 11.8. The van der Waals surface area contributed by atoms with Crippen LogP contribution in [0.3, 0.4) is 0 Å². The number of carbonyl (C=O) groups is 2. The van der Waals surface area contributed by atoms with Crippen LogP contribution in [0.1, 0.15) is 31.2 Å². The molecule has 6 heteroatoms. The predicted molar refractivity (Wildman–Crippen MR) is 93.0 cm³/mol. The number of halogens is 1. The molecule has 3 N–H and O–H groups in total. The van der Waals surface area contributed by atoms with Gasteiger partial charge in [0.15, 0.2) is 0 Å². The molecule has 1 heterocycles. The summed E-state index contributed by atoms with van der Waals surface area (Å²) in [6, 6.07) is 7.80. The van der Waals surface area contributed by atoms with Crippen LogP contribution in [-0.2, 0) is 16.1 Å². The number of amides is 2. The van der Waals surface area contributed by atoms with E-state index < -0.39 is 0 Å². The molecule has 1 fully saturated rings. The zero-order valence-corrected chi connectivity index (χ0v) is 15.0. The van der Waals surface area contributed by atoms with Crippen LogP contribution in [0, 0.1) is 0 Å². The lowest BCUT2D eigenvalue weighted by Gasteiger charge is -2.12. The van der Waals surface area contributed by atoms with Gasteiger partial charge in [0.25, 0.3) is 0 Å². The summed E-state index contributed by atoms with van der Waals surface area (Å²) >= 11 is 3.40. The second-order valence-corrected chi connectivity index (χ2v) is 6.88. The van der Waals surface area contributed by atoms with Gasteiger partial charge in [-0.15, -0.1) is 0 Å². The number of hydrogen-bond donors (Lipinski definition) is 3. The largest absolute Gasteiger partial charge is 0.352 e. The van der Waals surface area contributed by atoms with Gasteiger partial charge >= 0.3 is 0 Å². The van der Waals surface area contributed by atoms with Crippen LogP contribution in [0.15, 0.2) is 28.7 Å². The minimum Gasteiger partial charge on any atom is -0.352 e. The zero-order chi connectivity index (χ0) is 16.5. The smallest absolute Gasteiger partial charge is 0.220 e. The summed E-state index contributed by atoms with van der Waals surface area (Å²) < 4.78 is 0.990. The van der Waals surface area contributed by atoms with E-state index in [2.05, 4.69) is 26.6 Å². The van der Waals surface area contributed by atoms with Gasteiger partial charge in [0.2, 0.25) is 11.8 Å². The number of quaternary nitrogens is 1. The molecule has 0 aliphatic carbocycles. The Hall–Kier alpha value is -1.40. The van der Waals surface area contributed by atoms with Crippen LogP contribution in [0.5, 0.6) is 0 Å². The highest BCUT2D eigenvalue weighted by Crippen LogP contribution is 2.11. The molecule has 1 aliphatic heterocycles. The summed E-state index contributed by atoms with van der Waals surface area (Å²) in [5, 5.41) is 5.74. The number of carbonyl (C=O) groups excluding carboxylic acids is 2. The van der Waals surface area contributed by atoms with Gasteiger partial charge in [-0.3, -0.25) is 9.59 Å². The SMILES string of the molecule is O=C(CCC(=O)NCc1cccc(Br)c1)NCC[NH+]1CCCC1. The van der Waals surface area contributed by atoms with Gasteiger partial charge in [-0.1, -0.05) is 28.1 Å². The van der Waals surface area contributed by atoms with E-state index in [0.717, 1.165) is 16.6 Å². The van der Waals surface area contributed by atoms with Crippen LogP contribution >= 0.6 is 15.9 Å². The number of benzene rings is 1.